The first-order valence-electron chi connectivity index (χ1n) is 7.89. The van der Waals surface area contributed by atoms with Gasteiger partial charge in [0.1, 0.15) is 0 Å². The second-order valence-electron chi connectivity index (χ2n) is 5.63. The van der Waals surface area contributed by atoms with Crippen LogP contribution in [-0.4, -0.2) is 46.4 Å². The molecular formula is C16H24N2O4S. The van der Waals surface area contributed by atoms with Crippen LogP contribution in [0.15, 0.2) is 24.3 Å². The Morgan fingerprint density at radius 3 is 2.87 bits per heavy atom. The number of hydrogen-bond acceptors (Lipinski definition) is 4. The van der Waals surface area contributed by atoms with E-state index in [2.05, 4.69) is 11.6 Å². The van der Waals surface area contributed by atoms with Crippen molar-refractivity contribution in [2.45, 2.75) is 26.2 Å². The van der Waals surface area contributed by atoms with Crippen molar-refractivity contribution in [1.82, 2.24) is 4.72 Å². The molecule has 23 heavy (non-hydrogen) atoms. The number of carbonyl (C=O) groups excluding carboxylic acids is 1. The molecule has 1 aliphatic rings. The van der Waals surface area contributed by atoms with Crippen molar-refractivity contribution < 1.29 is 17.9 Å². The van der Waals surface area contributed by atoms with Gasteiger partial charge in [0.05, 0.1) is 18.9 Å². The van der Waals surface area contributed by atoms with Crippen LogP contribution >= 0.6 is 0 Å². The van der Waals surface area contributed by atoms with Gasteiger partial charge in [-0.1, -0.05) is 25.1 Å². The lowest BCUT2D eigenvalue weighted by atomic mass is 9.91. The number of hydrogen-bond donors (Lipinski definition) is 1. The van der Waals surface area contributed by atoms with Gasteiger partial charge in [0.15, 0.2) is 0 Å². The maximum atomic E-state index is 12.4. The van der Waals surface area contributed by atoms with Gasteiger partial charge in [-0.25, -0.2) is 13.1 Å². The van der Waals surface area contributed by atoms with Crippen LogP contribution in [0.25, 0.3) is 0 Å². The van der Waals surface area contributed by atoms with E-state index in [1.807, 2.05) is 24.3 Å². The molecule has 0 aliphatic carbocycles. The van der Waals surface area contributed by atoms with Crippen molar-refractivity contribution in [3.05, 3.63) is 29.8 Å². The predicted molar refractivity (Wildman–Crippen MR) is 90.1 cm³/mol. The first-order chi connectivity index (χ1) is 10.9. The van der Waals surface area contributed by atoms with Gasteiger partial charge in [-0.05, 0) is 30.9 Å². The molecule has 0 fully saturated rings. The number of carbonyl (C=O) groups is 1. The van der Waals surface area contributed by atoms with E-state index in [4.69, 9.17) is 4.74 Å². The molecule has 1 aliphatic heterocycles. The summed E-state index contributed by atoms with van der Waals surface area (Å²) in [5.74, 6) is 0.0318. The average molecular weight is 340 g/mol. The molecule has 1 aromatic carbocycles. The SMILES string of the molecule is CCOCCS(=O)(=O)NCC(=O)N1CC[C@H](C)c2ccccc21. The van der Waals surface area contributed by atoms with Crippen LogP contribution in [0.2, 0.25) is 0 Å². The molecule has 0 saturated heterocycles. The monoisotopic (exact) mass is 340 g/mol. The minimum absolute atomic E-state index is 0.129. The largest absolute Gasteiger partial charge is 0.381 e. The zero-order valence-electron chi connectivity index (χ0n) is 13.6. The molecule has 1 aromatic rings. The van der Waals surface area contributed by atoms with Crippen LogP contribution in [0.5, 0.6) is 0 Å². The summed E-state index contributed by atoms with van der Waals surface area (Å²) in [6, 6.07) is 7.78. The minimum atomic E-state index is -3.50. The van der Waals surface area contributed by atoms with Gasteiger partial charge in [0.2, 0.25) is 15.9 Å². The van der Waals surface area contributed by atoms with Crippen LogP contribution in [0.4, 0.5) is 5.69 Å². The molecule has 6 nitrogen and oxygen atoms in total. The zero-order valence-corrected chi connectivity index (χ0v) is 14.4. The summed E-state index contributed by atoms with van der Waals surface area (Å²) in [6.07, 6.45) is 0.875. The van der Waals surface area contributed by atoms with Crippen LogP contribution in [0, 0.1) is 0 Å². The summed E-state index contributed by atoms with van der Waals surface area (Å²) in [4.78, 5) is 14.1. The van der Waals surface area contributed by atoms with Gasteiger partial charge in [0, 0.05) is 18.8 Å². The predicted octanol–water partition coefficient (Wildman–Crippen LogP) is 1.48. The number of benzene rings is 1. The van der Waals surface area contributed by atoms with Gasteiger partial charge in [0.25, 0.3) is 0 Å². The first-order valence-corrected chi connectivity index (χ1v) is 9.54. The Hall–Kier alpha value is -1.44. The second kappa shape index (κ2) is 7.90. The third-order valence-corrected chi connectivity index (χ3v) is 5.28. The van der Waals surface area contributed by atoms with Crippen molar-refractivity contribution in [2.75, 3.05) is 37.0 Å². The zero-order chi connectivity index (χ0) is 16.9. The first kappa shape index (κ1) is 17.9. The molecule has 128 valence electrons. The average Bonchev–Trinajstić information content (AvgIpc) is 2.53. The van der Waals surface area contributed by atoms with E-state index < -0.39 is 10.0 Å². The van der Waals surface area contributed by atoms with Crippen molar-refractivity contribution >= 4 is 21.6 Å². The molecule has 1 N–H and O–H groups in total. The van der Waals surface area contributed by atoms with E-state index in [-0.39, 0.29) is 24.8 Å². The number of amides is 1. The normalized spacial score (nSPS) is 17.8. The molecule has 2 rings (SSSR count). The Balaban J connectivity index is 1.98. The number of ether oxygens (including phenoxy) is 1. The smallest absolute Gasteiger partial charge is 0.242 e. The Morgan fingerprint density at radius 1 is 1.39 bits per heavy atom. The fourth-order valence-corrected chi connectivity index (χ4v) is 3.49. The van der Waals surface area contributed by atoms with E-state index in [1.54, 1.807) is 11.8 Å². The second-order valence-corrected chi connectivity index (χ2v) is 7.56. The van der Waals surface area contributed by atoms with Crippen LogP contribution < -0.4 is 9.62 Å². The highest BCUT2D eigenvalue weighted by Gasteiger charge is 2.26. The third kappa shape index (κ3) is 4.76. The topological polar surface area (TPSA) is 75.7 Å². The molecule has 0 spiro atoms. The van der Waals surface area contributed by atoms with Gasteiger partial charge in [-0.2, -0.15) is 0 Å². The van der Waals surface area contributed by atoms with E-state index in [9.17, 15) is 13.2 Å². The summed E-state index contributed by atoms with van der Waals surface area (Å²) < 4.78 is 31.1. The number of para-hydroxylation sites is 1. The Labute approximate surface area is 137 Å². The fourth-order valence-electron chi connectivity index (χ4n) is 2.66. The van der Waals surface area contributed by atoms with Crippen LogP contribution in [-0.2, 0) is 19.6 Å². The number of rotatable bonds is 7. The highest BCUT2D eigenvalue weighted by Crippen LogP contribution is 2.34. The van der Waals surface area contributed by atoms with Crippen LogP contribution in [0.1, 0.15) is 31.7 Å². The molecule has 0 bridgehead atoms. The summed E-state index contributed by atoms with van der Waals surface area (Å²) in [6.45, 7) is 4.92. The maximum Gasteiger partial charge on any atom is 0.242 e. The lowest BCUT2D eigenvalue weighted by Crippen LogP contribution is -2.43. The van der Waals surface area contributed by atoms with Gasteiger partial charge >= 0.3 is 0 Å². The standard InChI is InChI=1S/C16H24N2O4S/c1-3-22-10-11-23(20,21)17-12-16(19)18-9-8-13(2)14-6-4-5-7-15(14)18/h4-7,13,17H,3,8-12H2,1-2H3/t13-/m0/s1. The molecule has 0 unspecified atom stereocenters. The van der Waals surface area contributed by atoms with Crippen molar-refractivity contribution in [1.29, 1.82) is 0 Å². The van der Waals surface area contributed by atoms with Crippen LogP contribution in [0.3, 0.4) is 0 Å². The summed E-state index contributed by atoms with van der Waals surface area (Å²) in [5.41, 5.74) is 2.01. The molecule has 0 radical (unpaired) electrons. The molecule has 1 heterocycles. The van der Waals surface area contributed by atoms with Crippen molar-refractivity contribution in [2.24, 2.45) is 0 Å². The van der Waals surface area contributed by atoms with E-state index in [1.165, 1.54) is 0 Å². The fraction of sp³-hybridized carbons (Fsp3) is 0.562. The summed E-state index contributed by atoms with van der Waals surface area (Å²) >= 11 is 0. The van der Waals surface area contributed by atoms with E-state index in [0.29, 0.717) is 19.1 Å². The van der Waals surface area contributed by atoms with Gasteiger partial charge < -0.3 is 9.64 Å². The molecule has 0 aromatic heterocycles. The number of anilines is 1. The molecular weight excluding hydrogens is 316 g/mol. The van der Waals surface area contributed by atoms with Crippen molar-refractivity contribution in [3.8, 4) is 0 Å². The third-order valence-electron chi connectivity index (χ3n) is 3.99. The Bertz CT molecular complexity index is 645. The van der Waals surface area contributed by atoms with Gasteiger partial charge in [-0.3, -0.25) is 4.79 Å². The molecule has 7 heteroatoms. The number of nitrogens with one attached hydrogen (secondary N) is 1. The Kier molecular flexibility index (Phi) is 6.15. The highest BCUT2D eigenvalue weighted by molar-refractivity contribution is 7.89. The molecule has 1 atom stereocenters. The molecule has 1 amide bonds. The highest BCUT2D eigenvalue weighted by atomic mass is 32.2. The lowest BCUT2D eigenvalue weighted by molar-refractivity contribution is -0.117. The van der Waals surface area contributed by atoms with E-state index >= 15 is 0 Å². The Morgan fingerprint density at radius 2 is 2.13 bits per heavy atom. The molecule has 0 saturated carbocycles. The lowest BCUT2D eigenvalue weighted by Gasteiger charge is -2.33. The number of fused-ring (bicyclic) bond motifs is 1. The summed E-state index contributed by atoms with van der Waals surface area (Å²) in [5, 5.41) is 0. The van der Waals surface area contributed by atoms with E-state index in [0.717, 1.165) is 17.7 Å². The minimum Gasteiger partial charge on any atom is -0.381 e. The maximum absolute atomic E-state index is 12.4. The number of sulfonamides is 1. The number of nitrogens with zero attached hydrogens (tertiary/aromatic N) is 1. The quantitative estimate of drug-likeness (QED) is 0.763. The van der Waals surface area contributed by atoms with Gasteiger partial charge in [-0.15, -0.1) is 0 Å². The summed E-state index contributed by atoms with van der Waals surface area (Å²) in [7, 11) is -3.50. The van der Waals surface area contributed by atoms with Crippen molar-refractivity contribution in [3.63, 3.8) is 0 Å².